The van der Waals surface area contributed by atoms with E-state index in [0.29, 0.717) is 6.42 Å². The Labute approximate surface area is 99.6 Å². The second kappa shape index (κ2) is 5.16. The number of anilines is 1. The Bertz CT molecular complexity index is 369. The van der Waals surface area contributed by atoms with Gasteiger partial charge in [0.25, 0.3) is 0 Å². The van der Waals surface area contributed by atoms with Crippen molar-refractivity contribution in [3.05, 3.63) is 10.6 Å². The highest BCUT2D eigenvalue weighted by Crippen LogP contribution is 2.25. The molecule has 16 heavy (non-hydrogen) atoms. The molecule has 90 valence electrons. The molecule has 1 aromatic rings. The lowest BCUT2D eigenvalue weighted by atomic mass is 10.2. The first-order chi connectivity index (χ1) is 7.45. The molecule has 6 heteroatoms. The summed E-state index contributed by atoms with van der Waals surface area (Å²) in [7, 11) is 1.97. The van der Waals surface area contributed by atoms with Gasteiger partial charge in [0, 0.05) is 24.4 Å². The maximum atomic E-state index is 8.52. The van der Waals surface area contributed by atoms with Crippen molar-refractivity contribution in [3.63, 3.8) is 0 Å². The number of nitrogens with zero attached hydrogens (tertiary/aromatic N) is 3. The normalized spacial score (nSPS) is 13.9. The van der Waals surface area contributed by atoms with Gasteiger partial charge >= 0.3 is 0 Å². The standard InChI is InChI=1S/C10H18N4OS/c1-6(5-9(11)13-15)14(4)10-12-7(2)8(3)16-10/h6,15H,5H2,1-4H3,(H2,11,13). The number of aryl methyl sites for hydroxylation is 2. The summed E-state index contributed by atoms with van der Waals surface area (Å²) in [6, 6.07) is 0.154. The largest absolute Gasteiger partial charge is 0.409 e. The first-order valence-electron chi connectivity index (χ1n) is 5.09. The Morgan fingerprint density at radius 1 is 1.62 bits per heavy atom. The summed E-state index contributed by atoms with van der Waals surface area (Å²) in [6.45, 7) is 6.07. The summed E-state index contributed by atoms with van der Waals surface area (Å²) in [5.74, 6) is 0.240. The number of hydrogen-bond donors (Lipinski definition) is 2. The fourth-order valence-corrected chi connectivity index (χ4v) is 2.25. The second-order valence-electron chi connectivity index (χ2n) is 3.89. The molecule has 0 saturated heterocycles. The third-order valence-electron chi connectivity index (χ3n) is 2.61. The summed E-state index contributed by atoms with van der Waals surface area (Å²) in [5, 5.41) is 12.5. The number of rotatable bonds is 4. The summed E-state index contributed by atoms with van der Waals surface area (Å²) < 4.78 is 0. The lowest BCUT2D eigenvalue weighted by Gasteiger charge is -2.23. The van der Waals surface area contributed by atoms with Crippen LogP contribution in [-0.2, 0) is 0 Å². The Hall–Kier alpha value is -1.30. The van der Waals surface area contributed by atoms with Crippen LogP contribution in [0.5, 0.6) is 0 Å². The van der Waals surface area contributed by atoms with Gasteiger partial charge in [0.2, 0.25) is 0 Å². The van der Waals surface area contributed by atoms with Gasteiger partial charge < -0.3 is 15.8 Å². The third kappa shape index (κ3) is 2.85. The van der Waals surface area contributed by atoms with E-state index >= 15 is 0 Å². The highest BCUT2D eigenvalue weighted by molar-refractivity contribution is 7.15. The third-order valence-corrected chi connectivity index (χ3v) is 3.78. The van der Waals surface area contributed by atoms with Crippen molar-refractivity contribution in [2.45, 2.75) is 33.2 Å². The van der Waals surface area contributed by atoms with Crippen LogP contribution in [0.4, 0.5) is 5.13 Å². The SMILES string of the molecule is Cc1nc(N(C)C(C)CC(N)=NO)sc1C. The second-order valence-corrected chi connectivity index (χ2v) is 5.08. The highest BCUT2D eigenvalue weighted by Gasteiger charge is 2.15. The molecule has 0 aliphatic heterocycles. The van der Waals surface area contributed by atoms with Gasteiger partial charge in [-0.1, -0.05) is 5.16 Å². The van der Waals surface area contributed by atoms with Crippen LogP contribution in [0.25, 0.3) is 0 Å². The highest BCUT2D eigenvalue weighted by atomic mass is 32.1. The molecular weight excluding hydrogens is 224 g/mol. The van der Waals surface area contributed by atoms with E-state index in [2.05, 4.69) is 17.1 Å². The van der Waals surface area contributed by atoms with Crippen LogP contribution >= 0.6 is 11.3 Å². The molecule has 1 aromatic heterocycles. The van der Waals surface area contributed by atoms with E-state index < -0.39 is 0 Å². The molecule has 0 saturated carbocycles. The lowest BCUT2D eigenvalue weighted by molar-refractivity contribution is 0.316. The van der Waals surface area contributed by atoms with E-state index in [1.165, 1.54) is 4.88 Å². The molecule has 0 radical (unpaired) electrons. The van der Waals surface area contributed by atoms with Crippen molar-refractivity contribution in [3.8, 4) is 0 Å². The van der Waals surface area contributed by atoms with Gasteiger partial charge in [0.1, 0.15) is 5.84 Å². The average molecular weight is 242 g/mol. The average Bonchev–Trinajstić information content (AvgIpc) is 2.57. The fraction of sp³-hybridized carbons (Fsp3) is 0.600. The topological polar surface area (TPSA) is 74.7 Å². The summed E-state index contributed by atoms with van der Waals surface area (Å²) >= 11 is 1.66. The molecule has 0 bridgehead atoms. The van der Waals surface area contributed by atoms with Crippen LogP contribution in [0.1, 0.15) is 23.9 Å². The van der Waals surface area contributed by atoms with Crippen molar-refractivity contribution in [1.82, 2.24) is 4.98 Å². The monoisotopic (exact) mass is 242 g/mol. The van der Waals surface area contributed by atoms with Crippen LogP contribution in [0.2, 0.25) is 0 Å². The Kier molecular flexibility index (Phi) is 4.12. The van der Waals surface area contributed by atoms with Crippen LogP contribution in [0.15, 0.2) is 5.16 Å². The quantitative estimate of drug-likeness (QED) is 0.365. The molecule has 0 fully saturated rings. The molecule has 1 heterocycles. The number of hydrogen-bond acceptors (Lipinski definition) is 5. The van der Waals surface area contributed by atoms with Crippen molar-refractivity contribution >= 4 is 22.3 Å². The summed E-state index contributed by atoms with van der Waals surface area (Å²) in [4.78, 5) is 7.73. The fourth-order valence-electron chi connectivity index (χ4n) is 1.28. The minimum atomic E-state index is 0.154. The first-order valence-corrected chi connectivity index (χ1v) is 5.90. The van der Waals surface area contributed by atoms with Crippen LogP contribution in [0.3, 0.4) is 0 Å². The van der Waals surface area contributed by atoms with Crippen LogP contribution < -0.4 is 10.6 Å². The zero-order chi connectivity index (χ0) is 12.3. The zero-order valence-corrected chi connectivity index (χ0v) is 10.9. The number of oxime groups is 1. The summed E-state index contributed by atoms with van der Waals surface area (Å²) in [5.41, 5.74) is 6.54. The Balaban J connectivity index is 2.73. The molecule has 0 aliphatic rings. The smallest absolute Gasteiger partial charge is 0.185 e. The van der Waals surface area contributed by atoms with E-state index in [1.54, 1.807) is 11.3 Å². The molecule has 0 spiro atoms. The Morgan fingerprint density at radius 3 is 2.69 bits per heavy atom. The van der Waals surface area contributed by atoms with Crippen molar-refractivity contribution in [1.29, 1.82) is 0 Å². The zero-order valence-electron chi connectivity index (χ0n) is 10.1. The van der Waals surface area contributed by atoms with Crippen LogP contribution in [0, 0.1) is 13.8 Å². The molecule has 0 aliphatic carbocycles. The molecular formula is C10H18N4OS. The van der Waals surface area contributed by atoms with Gasteiger partial charge in [-0.15, -0.1) is 11.3 Å². The molecule has 0 amide bonds. The predicted octanol–water partition coefficient (Wildman–Crippen LogP) is 1.72. The lowest BCUT2D eigenvalue weighted by Crippen LogP contribution is -2.33. The van der Waals surface area contributed by atoms with E-state index in [-0.39, 0.29) is 11.9 Å². The van der Waals surface area contributed by atoms with E-state index in [0.717, 1.165) is 10.8 Å². The number of amidine groups is 1. The van der Waals surface area contributed by atoms with E-state index in [4.69, 9.17) is 10.9 Å². The molecule has 5 nitrogen and oxygen atoms in total. The van der Waals surface area contributed by atoms with Gasteiger partial charge in [-0.25, -0.2) is 4.98 Å². The molecule has 1 rings (SSSR count). The van der Waals surface area contributed by atoms with Gasteiger partial charge in [0.15, 0.2) is 5.13 Å². The van der Waals surface area contributed by atoms with Gasteiger partial charge in [-0.2, -0.15) is 0 Å². The molecule has 3 N–H and O–H groups in total. The van der Waals surface area contributed by atoms with Crippen molar-refractivity contribution < 1.29 is 5.21 Å². The van der Waals surface area contributed by atoms with Gasteiger partial charge in [-0.3, -0.25) is 0 Å². The van der Waals surface area contributed by atoms with Crippen LogP contribution in [-0.4, -0.2) is 29.1 Å². The number of aromatic nitrogens is 1. The molecule has 1 atom stereocenters. The maximum absolute atomic E-state index is 8.52. The van der Waals surface area contributed by atoms with E-state index in [1.807, 2.05) is 25.8 Å². The number of thiazole rings is 1. The minimum Gasteiger partial charge on any atom is -0.409 e. The molecule has 1 unspecified atom stereocenters. The van der Waals surface area contributed by atoms with Gasteiger partial charge in [-0.05, 0) is 20.8 Å². The predicted molar refractivity (Wildman–Crippen MR) is 67.5 cm³/mol. The minimum absolute atomic E-state index is 0.154. The van der Waals surface area contributed by atoms with E-state index in [9.17, 15) is 0 Å². The van der Waals surface area contributed by atoms with Crippen molar-refractivity contribution in [2.75, 3.05) is 11.9 Å². The Morgan fingerprint density at radius 2 is 2.25 bits per heavy atom. The summed E-state index contributed by atoms with van der Waals surface area (Å²) in [6.07, 6.45) is 0.519. The molecule has 0 aromatic carbocycles. The van der Waals surface area contributed by atoms with Crippen molar-refractivity contribution in [2.24, 2.45) is 10.9 Å². The first kappa shape index (κ1) is 12.8. The van der Waals surface area contributed by atoms with Gasteiger partial charge in [0.05, 0.1) is 5.69 Å². The number of nitrogens with two attached hydrogens (primary N) is 1. The maximum Gasteiger partial charge on any atom is 0.185 e.